The number of anilines is 1. The van der Waals surface area contributed by atoms with Gasteiger partial charge in [0, 0.05) is 68.0 Å². The molecule has 390 valence electrons. The van der Waals surface area contributed by atoms with Gasteiger partial charge in [-0.05, 0) is 32.1 Å². The van der Waals surface area contributed by atoms with Crippen molar-refractivity contribution in [1.82, 2.24) is 19.8 Å². The van der Waals surface area contributed by atoms with Gasteiger partial charge in [0.25, 0.3) is 0 Å². The minimum Gasteiger partial charge on any atom is -0.462 e. The van der Waals surface area contributed by atoms with Crippen LogP contribution in [-0.2, 0) is 85.3 Å². The Morgan fingerprint density at radius 3 is 1.90 bits per heavy atom. The van der Waals surface area contributed by atoms with Gasteiger partial charge in [0.15, 0.2) is 30.6 Å². The van der Waals surface area contributed by atoms with Crippen LogP contribution in [0.15, 0.2) is 17.1 Å². The lowest BCUT2D eigenvalue weighted by molar-refractivity contribution is -0.245. The minimum atomic E-state index is -4.84. The van der Waals surface area contributed by atoms with E-state index < -0.39 is 160 Å². The molecule has 3 heterocycles. The number of hydrogen-bond donors (Lipinski definition) is 4. The Bertz CT molecular complexity index is 2060. The molecule has 2 aliphatic rings. The van der Waals surface area contributed by atoms with Crippen LogP contribution in [0.3, 0.4) is 0 Å². The van der Waals surface area contributed by atoms with Crippen LogP contribution in [0.4, 0.5) is 5.82 Å². The summed E-state index contributed by atoms with van der Waals surface area (Å²) in [5.41, 5.74) is -2.96. The summed E-state index contributed by atoms with van der Waals surface area (Å²) in [6.07, 6.45) is -13.2. The van der Waals surface area contributed by atoms with E-state index in [2.05, 4.69) is 41.3 Å². The minimum absolute atomic E-state index is 0.120. The monoisotopic (exact) mass is 1010 g/mol. The van der Waals surface area contributed by atoms with E-state index in [4.69, 9.17) is 42.4 Å². The molecule has 0 bridgehead atoms. The summed E-state index contributed by atoms with van der Waals surface area (Å²) in [6.45, 7) is 16.0. The molecule has 69 heavy (non-hydrogen) atoms. The van der Waals surface area contributed by atoms with Crippen LogP contribution in [0.2, 0.25) is 0 Å². The average molecular weight is 1010 g/mol. The Kier molecular flexibility index (Phi) is 24.0. The molecule has 0 radical (unpaired) electrons. The van der Waals surface area contributed by atoms with Gasteiger partial charge in [-0.3, -0.25) is 47.5 Å². The van der Waals surface area contributed by atoms with Crippen LogP contribution < -0.4 is 16.3 Å². The van der Waals surface area contributed by atoms with E-state index in [1.165, 1.54) is 32.6 Å². The Morgan fingerprint density at radius 2 is 1.43 bits per heavy atom. The Morgan fingerprint density at radius 1 is 0.855 bits per heavy atom. The number of ether oxygens (including phenoxy) is 8. The second-order valence-corrected chi connectivity index (χ2v) is 17.9. The van der Waals surface area contributed by atoms with Gasteiger partial charge in [0.05, 0.1) is 31.0 Å². The standard InChI is InChI=1S/C36H51N4O21P.C6H15N/c1-17(42)37-28-9-11-40(35(50)39-28)34-33(59-24(8)49)31(58-23(7)48)27(60-34)15-54-62(51,52)12-10-36(16-41)13-25(55-20(4)45)29(38-18(2)43)32(61-36)30(57-22(6)47)26(56-21(5)46)14-53-19(3)44;1-4-7(5-2)6-3/h9,11,25-27,29-34,41H,10,12-16H2,1-8H3,(H,38,43)(H,51,52)(H,37,39,42,50);4-6H2,1-3H3/t25-,26+,27+,29+,30+,31+,32+,33+,34+,36-;/m0./s1. The van der Waals surface area contributed by atoms with Crippen molar-refractivity contribution < 1.29 is 95.3 Å². The highest BCUT2D eigenvalue weighted by Gasteiger charge is 2.55. The Hall–Kier alpha value is -5.37. The zero-order chi connectivity index (χ0) is 52.4. The van der Waals surface area contributed by atoms with Gasteiger partial charge in [0.1, 0.15) is 30.7 Å². The van der Waals surface area contributed by atoms with Crippen molar-refractivity contribution in [3.8, 4) is 0 Å². The van der Waals surface area contributed by atoms with Crippen molar-refractivity contribution in [1.29, 1.82) is 0 Å². The molecule has 1 aromatic rings. The van der Waals surface area contributed by atoms with Crippen molar-refractivity contribution in [2.24, 2.45) is 0 Å². The van der Waals surface area contributed by atoms with Crippen molar-refractivity contribution in [3.63, 3.8) is 0 Å². The Balaban J connectivity index is 0.00000216. The first-order valence-corrected chi connectivity index (χ1v) is 23.7. The van der Waals surface area contributed by atoms with E-state index in [1.807, 2.05) is 0 Å². The summed E-state index contributed by atoms with van der Waals surface area (Å²) < 4.78 is 64.4. The molecule has 2 fully saturated rings. The molecule has 11 atom stereocenters. The molecule has 0 spiro atoms. The molecule has 1 aromatic heterocycles. The lowest BCUT2D eigenvalue weighted by Gasteiger charge is -2.50. The summed E-state index contributed by atoms with van der Waals surface area (Å²) in [7, 11) is -4.84. The van der Waals surface area contributed by atoms with Gasteiger partial charge >= 0.3 is 49.1 Å². The molecule has 27 heteroatoms. The molecular formula is C42H66N5O21P. The first-order valence-electron chi connectivity index (χ1n) is 22.0. The first kappa shape index (κ1) is 59.8. The van der Waals surface area contributed by atoms with Crippen molar-refractivity contribution in [2.75, 3.05) is 50.9 Å². The van der Waals surface area contributed by atoms with Gasteiger partial charge in [-0.2, -0.15) is 4.98 Å². The normalized spacial score (nSPS) is 24.7. The summed E-state index contributed by atoms with van der Waals surface area (Å²) in [4.78, 5) is 127. The lowest BCUT2D eigenvalue weighted by atomic mass is 9.82. The predicted molar refractivity (Wildman–Crippen MR) is 237 cm³/mol. The highest BCUT2D eigenvalue weighted by Crippen LogP contribution is 2.48. The molecule has 2 aliphatic heterocycles. The smallest absolute Gasteiger partial charge is 0.351 e. The first-order chi connectivity index (χ1) is 32.2. The van der Waals surface area contributed by atoms with Crippen LogP contribution in [-0.4, -0.2) is 172 Å². The predicted octanol–water partition coefficient (Wildman–Crippen LogP) is 0.286. The molecule has 0 aliphatic carbocycles. The molecular weight excluding hydrogens is 941 g/mol. The molecule has 0 saturated carbocycles. The van der Waals surface area contributed by atoms with Crippen LogP contribution in [0.5, 0.6) is 0 Å². The number of hydrogen-bond acceptors (Lipinski definition) is 22. The van der Waals surface area contributed by atoms with Crippen LogP contribution in [0, 0.1) is 0 Å². The third-order valence-corrected chi connectivity index (χ3v) is 11.7. The number of amides is 2. The van der Waals surface area contributed by atoms with Gasteiger partial charge in [-0.25, -0.2) is 4.79 Å². The number of carbonyl (C=O) groups is 8. The molecule has 2 amide bonds. The summed E-state index contributed by atoms with van der Waals surface area (Å²) >= 11 is 0. The van der Waals surface area contributed by atoms with E-state index in [1.54, 1.807) is 0 Å². The third-order valence-electron chi connectivity index (χ3n) is 10.4. The molecule has 1 unspecified atom stereocenters. The number of esters is 6. The van der Waals surface area contributed by atoms with Crippen molar-refractivity contribution >= 4 is 61.0 Å². The molecule has 0 aromatic carbocycles. The average Bonchev–Trinajstić information content (AvgIpc) is 3.55. The topological polar surface area (TPSA) is 339 Å². The van der Waals surface area contributed by atoms with Crippen molar-refractivity contribution in [2.45, 2.75) is 150 Å². The van der Waals surface area contributed by atoms with E-state index >= 15 is 0 Å². The van der Waals surface area contributed by atoms with E-state index in [-0.39, 0.29) is 5.82 Å². The number of nitrogens with zero attached hydrogens (tertiary/aromatic N) is 3. The quantitative estimate of drug-likeness (QED) is 0.0689. The fourth-order valence-corrected chi connectivity index (χ4v) is 8.66. The van der Waals surface area contributed by atoms with E-state index in [0.29, 0.717) is 0 Å². The molecule has 3 rings (SSSR count). The van der Waals surface area contributed by atoms with Crippen LogP contribution in [0.25, 0.3) is 0 Å². The SMILES string of the molecule is CC(=O)Nc1ccn([C@@H]2O[C@H](COP(=O)(O)CC[C@@]3(CO)C[C@H](OC(C)=O)[C@@H](NC(C)=O)[C@H]([C@H](OC(C)=O)[C@@H](COC(C)=O)OC(C)=O)O3)[C@@H](OC(C)=O)[C@H]2OC(C)=O)c(=O)n1.CCN(CC)CC. The number of aromatic nitrogens is 2. The van der Waals surface area contributed by atoms with Gasteiger partial charge < -0.3 is 68.0 Å². The third kappa shape index (κ3) is 19.5. The molecule has 26 nitrogen and oxygen atoms in total. The van der Waals surface area contributed by atoms with Gasteiger partial charge in [-0.15, -0.1) is 0 Å². The largest absolute Gasteiger partial charge is 0.462 e. The number of rotatable bonds is 22. The number of carbonyl (C=O) groups excluding carboxylic acids is 8. The van der Waals surface area contributed by atoms with Gasteiger partial charge in [0.2, 0.25) is 11.8 Å². The Labute approximate surface area is 398 Å². The molecule has 4 N–H and O–H groups in total. The maximum Gasteiger partial charge on any atom is 0.351 e. The summed E-state index contributed by atoms with van der Waals surface area (Å²) in [5.74, 6) is -6.73. The number of aliphatic hydroxyl groups excluding tert-OH is 1. The highest BCUT2D eigenvalue weighted by atomic mass is 31.2. The van der Waals surface area contributed by atoms with Gasteiger partial charge in [-0.1, -0.05) is 20.8 Å². The van der Waals surface area contributed by atoms with E-state index in [9.17, 15) is 57.7 Å². The fraction of sp³-hybridized carbons (Fsp3) is 0.714. The van der Waals surface area contributed by atoms with Crippen LogP contribution >= 0.6 is 7.60 Å². The van der Waals surface area contributed by atoms with Crippen molar-refractivity contribution in [3.05, 3.63) is 22.7 Å². The second-order valence-electron chi connectivity index (χ2n) is 15.9. The number of nitrogens with one attached hydrogen (secondary N) is 2. The molecule has 2 saturated heterocycles. The zero-order valence-corrected chi connectivity index (χ0v) is 41.5. The number of aliphatic hydroxyl groups is 1. The summed E-state index contributed by atoms with van der Waals surface area (Å²) in [5, 5.41) is 15.7. The lowest BCUT2D eigenvalue weighted by Crippen LogP contribution is -2.68. The van der Waals surface area contributed by atoms with Crippen LogP contribution in [0.1, 0.15) is 95.2 Å². The fourth-order valence-electron chi connectivity index (χ4n) is 7.47. The maximum absolute atomic E-state index is 13.7. The zero-order valence-electron chi connectivity index (χ0n) is 40.7. The maximum atomic E-state index is 13.7. The summed E-state index contributed by atoms with van der Waals surface area (Å²) in [6, 6.07) is -0.165. The van der Waals surface area contributed by atoms with E-state index in [0.717, 1.165) is 59.2 Å². The second kappa shape index (κ2) is 27.7. The highest BCUT2D eigenvalue weighted by molar-refractivity contribution is 7.52.